The van der Waals surface area contributed by atoms with E-state index in [1.54, 1.807) is 13.8 Å². The molecule has 0 aliphatic heterocycles. The predicted molar refractivity (Wildman–Crippen MR) is 114 cm³/mol. The van der Waals surface area contributed by atoms with Crippen LogP contribution in [0.25, 0.3) is 0 Å². The number of aryl methyl sites for hydroxylation is 1. The molecular formula is C21H24ClN3O5. The normalized spacial score (nSPS) is 11.6. The van der Waals surface area contributed by atoms with Crippen molar-refractivity contribution in [3.8, 4) is 5.75 Å². The summed E-state index contributed by atoms with van der Waals surface area (Å²) in [6, 6.07) is 10.3. The number of rotatable bonds is 9. The predicted octanol–water partition coefficient (Wildman–Crippen LogP) is 3.51. The van der Waals surface area contributed by atoms with Gasteiger partial charge >= 0.3 is 0 Å². The van der Waals surface area contributed by atoms with Crippen LogP contribution in [-0.4, -0.2) is 35.9 Å². The van der Waals surface area contributed by atoms with Gasteiger partial charge in [-0.15, -0.1) is 0 Å². The lowest BCUT2D eigenvalue weighted by molar-refractivity contribution is -0.384. The highest BCUT2D eigenvalue weighted by atomic mass is 35.5. The zero-order valence-electron chi connectivity index (χ0n) is 17.0. The summed E-state index contributed by atoms with van der Waals surface area (Å²) in [4.78, 5) is 35.3. The number of nitro benzene ring substituents is 1. The highest BCUT2D eigenvalue weighted by Crippen LogP contribution is 2.22. The maximum atomic E-state index is 12.5. The van der Waals surface area contributed by atoms with Crippen LogP contribution in [0.2, 0.25) is 5.02 Å². The molecule has 160 valence electrons. The van der Waals surface area contributed by atoms with Gasteiger partial charge in [0.15, 0.2) is 0 Å². The van der Waals surface area contributed by atoms with Crippen LogP contribution in [0.1, 0.15) is 29.8 Å². The van der Waals surface area contributed by atoms with E-state index in [1.807, 2.05) is 31.2 Å². The molecule has 0 saturated heterocycles. The van der Waals surface area contributed by atoms with Crippen LogP contribution in [0.4, 0.5) is 5.69 Å². The van der Waals surface area contributed by atoms with E-state index >= 15 is 0 Å². The van der Waals surface area contributed by atoms with Crippen LogP contribution in [-0.2, 0) is 4.79 Å². The quantitative estimate of drug-likeness (QED) is 0.357. The summed E-state index contributed by atoms with van der Waals surface area (Å²) < 4.78 is 5.57. The highest BCUT2D eigenvalue weighted by Gasteiger charge is 2.25. The third kappa shape index (κ3) is 6.45. The molecule has 1 unspecified atom stereocenters. The van der Waals surface area contributed by atoms with E-state index in [-0.39, 0.29) is 41.3 Å². The molecule has 0 saturated carbocycles. The number of nitro groups is 1. The molecule has 0 aromatic heterocycles. The summed E-state index contributed by atoms with van der Waals surface area (Å²) in [5.41, 5.74) is 0.964. The summed E-state index contributed by atoms with van der Waals surface area (Å²) in [6.07, 6.45) is 0. The Labute approximate surface area is 179 Å². The van der Waals surface area contributed by atoms with Crippen molar-refractivity contribution in [1.29, 1.82) is 0 Å². The SMILES string of the molecule is Cc1ccc(OCCNC(=O)C(NC(=O)c2ccc([N+](=O)[O-])cc2Cl)C(C)C)cc1. The smallest absolute Gasteiger partial charge is 0.270 e. The van der Waals surface area contributed by atoms with Gasteiger partial charge in [0.05, 0.1) is 22.1 Å². The Hall–Kier alpha value is -3.13. The largest absolute Gasteiger partial charge is 0.492 e. The monoisotopic (exact) mass is 433 g/mol. The second kappa shape index (κ2) is 10.6. The fraction of sp³-hybridized carbons (Fsp3) is 0.333. The lowest BCUT2D eigenvalue weighted by Gasteiger charge is -2.22. The summed E-state index contributed by atoms with van der Waals surface area (Å²) in [7, 11) is 0. The Morgan fingerprint density at radius 3 is 2.40 bits per heavy atom. The van der Waals surface area contributed by atoms with E-state index in [9.17, 15) is 19.7 Å². The van der Waals surface area contributed by atoms with Crippen LogP contribution in [0.15, 0.2) is 42.5 Å². The van der Waals surface area contributed by atoms with Crippen molar-refractivity contribution < 1.29 is 19.2 Å². The molecule has 0 radical (unpaired) electrons. The van der Waals surface area contributed by atoms with Gasteiger partial charge in [0.1, 0.15) is 18.4 Å². The number of amides is 2. The average Bonchev–Trinajstić information content (AvgIpc) is 2.69. The zero-order valence-corrected chi connectivity index (χ0v) is 17.7. The van der Waals surface area contributed by atoms with Crippen LogP contribution >= 0.6 is 11.6 Å². The molecule has 0 fully saturated rings. The molecule has 2 aromatic carbocycles. The Bertz CT molecular complexity index is 915. The fourth-order valence-electron chi connectivity index (χ4n) is 2.64. The number of nitrogens with zero attached hydrogens (tertiary/aromatic N) is 1. The first kappa shape index (κ1) is 23.2. The van der Waals surface area contributed by atoms with Gasteiger partial charge in [0, 0.05) is 12.1 Å². The Balaban J connectivity index is 1.92. The summed E-state index contributed by atoms with van der Waals surface area (Å²) >= 11 is 6.00. The first-order chi connectivity index (χ1) is 14.2. The van der Waals surface area contributed by atoms with E-state index in [1.165, 1.54) is 12.1 Å². The lowest BCUT2D eigenvalue weighted by atomic mass is 10.0. The zero-order chi connectivity index (χ0) is 22.3. The summed E-state index contributed by atoms with van der Waals surface area (Å²) in [6.45, 7) is 6.12. The highest BCUT2D eigenvalue weighted by molar-refractivity contribution is 6.34. The topological polar surface area (TPSA) is 111 Å². The molecule has 8 nitrogen and oxygen atoms in total. The maximum Gasteiger partial charge on any atom is 0.270 e. The molecule has 0 aliphatic carbocycles. The minimum absolute atomic E-state index is 0.0587. The van der Waals surface area contributed by atoms with Gasteiger partial charge in [-0.05, 0) is 31.0 Å². The number of non-ortho nitro benzene ring substituents is 1. The van der Waals surface area contributed by atoms with Gasteiger partial charge in [-0.3, -0.25) is 19.7 Å². The molecule has 0 bridgehead atoms. The van der Waals surface area contributed by atoms with Crippen molar-refractivity contribution in [3.05, 3.63) is 68.7 Å². The number of carbonyl (C=O) groups excluding carboxylic acids is 2. The van der Waals surface area contributed by atoms with Crippen LogP contribution in [0, 0.1) is 23.0 Å². The lowest BCUT2D eigenvalue weighted by Crippen LogP contribution is -2.50. The minimum Gasteiger partial charge on any atom is -0.492 e. The Kier molecular flexibility index (Phi) is 8.17. The molecule has 2 aromatic rings. The molecule has 2 N–H and O–H groups in total. The maximum absolute atomic E-state index is 12.5. The molecule has 1 atom stereocenters. The van der Waals surface area contributed by atoms with Gasteiger partial charge in [0.25, 0.3) is 11.6 Å². The molecular weight excluding hydrogens is 410 g/mol. The van der Waals surface area contributed by atoms with Gasteiger partial charge in [-0.2, -0.15) is 0 Å². The third-order valence-electron chi connectivity index (χ3n) is 4.33. The fourth-order valence-corrected chi connectivity index (χ4v) is 2.90. The van der Waals surface area contributed by atoms with Crippen molar-refractivity contribution in [2.75, 3.05) is 13.2 Å². The van der Waals surface area contributed by atoms with E-state index in [0.717, 1.165) is 11.6 Å². The number of carbonyl (C=O) groups is 2. The van der Waals surface area contributed by atoms with Gasteiger partial charge in [0.2, 0.25) is 5.91 Å². The molecule has 0 heterocycles. The van der Waals surface area contributed by atoms with E-state index < -0.39 is 16.9 Å². The Morgan fingerprint density at radius 1 is 1.17 bits per heavy atom. The van der Waals surface area contributed by atoms with Crippen LogP contribution in [0.3, 0.4) is 0 Å². The minimum atomic E-state index is -0.803. The number of nitrogens with one attached hydrogen (secondary N) is 2. The molecule has 30 heavy (non-hydrogen) atoms. The van der Waals surface area contributed by atoms with Crippen molar-refractivity contribution in [3.63, 3.8) is 0 Å². The average molecular weight is 434 g/mol. The third-order valence-corrected chi connectivity index (χ3v) is 4.65. The molecule has 2 amide bonds. The first-order valence-electron chi connectivity index (χ1n) is 9.41. The van der Waals surface area contributed by atoms with Crippen molar-refractivity contribution in [1.82, 2.24) is 10.6 Å². The van der Waals surface area contributed by atoms with Gasteiger partial charge in [-0.1, -0.05) is 43.1 Å². The van der Waals surface area contributed by atoms with Crippen molar-refractivity contribution in [2.24, 2.45) is 5.92 Å². The number of hydrogen-bond acceptors (Lipinski definition) is 5. The second-order valence-electron chi connectivity index (χ2n) is 7.07. The van der Waals surface area contributed by atoms with Crippen molar-refractivity contribution >= 4 is 29.1 Å². The van der Waals surface area contributed by atoms with E-state index in [4.69, 9.17) is 16.3 Å². The van der Waals surface area contributed by atoms with Crippen LogP contribution in [0.5, 0.6) is 5.75 Å². The number of halogens is 1. The van der Waals surface area contributed by atoms with Gasteiger partial charge < -0.3 is 15.4 Å². The molecule has 2 rings (SSSR count). The van der Waals surface area contributed by atoms with Crippen LogP contribution < -0.4 is 15.4 Å². The van der Waals surface area contributed by atoms with Crippen molar-refractivity contribution in [2.45, 2.75) is 26.8 Å². The van der Waals surface area contributed by atoms with Gasteiger partial charge in [-0.25, -0.2) is 0 Å². The Morgan fingerprint density at radius 2 is 1.83 bits per heavy atom. The number of ether oxygens (including phenoxy) is 1. The summed E-state index contributed by atoms with van der Waals surface area (Å²) in [5, 5.41) is 16.1. The molecule has 0 aliphatic rings. The van der Waals surface area contributed by atoms with E-state index in [2.05, 4.69) is 10.6 Å². The molecule has 0 spiro atoms. The number of hydrogen-bond donors (Lipinski definition) is 2. The second-order valence-corrected chi connectivity index (χ2v) is 7.48. The molecule has 9 heteroatoms. The number of benzene rings is 2. The first-order valence-corrected chi connectivity index (χ1v) is 9.79. The summed E-state index contributed by atoms with van der Waals surface area (Å²) in [5.74, 6) is -0.427. The van der Waals surface area contributed by atoms with E-state index in [0.29, 0.717) is 5.75 Å². The standard InChI is InChI=1S/C21H24ClN3O5/c1-13(2)19(21(27)23-10-11-30-16-7-4-14(3)5-8-16)24-20(26)17-9-6-15(25(28)29)12-18(17)22/h4-9,12-13,19H,10-11H2,1-3H3,(H,23,27)(H,24,26).